The van der Waals surface area contributed by atoms with E-state index < -0.39 is 0 Å². The molecule has 2 atom stereocenters. The van der Waals surface area contributed by atoms with Crippen LogP contribution in [0.25, 0.3) is 0 Å². The number of carbonyl (C=O) groups is 2. The minimum Gasteiger partial charge on any atom is -0.345 e. The number of rotatable bonds is 9. The van der Waals surface area contributed by atoms with Gasteiger partial charge in [0.2, 0.25) is 5.91 Å². The van der Waals surface area contributed by atoms with E-state index in [0.29, 0.717) is 12.8 Å². The van der Waals surface area contributed by atoms with Crippen LogP contribution in [0.4, 0.5) is 0 Å². The molecular weight excluding hydrogens is 312 g/mol. The van der Waals surface area contributed by atoms with Gasteiger partial charge in [-0.3, -0.25) is 9.59 Å². The summed E-state index contributed by atoms with van der Waals surface area (Å²) in [4.78, 5) is 24.0. The molecule has 1 aromatic rings. The maximum absolute atomic E-state index is 12.3. The molecule has 0 aromatic heterocycles. The van der Waals surface area contributed by atoms with Crippen LogP contribution in [0.2, 0.25) is 0 Å². The maximum Gasteiger partial charge on any atom is 0.238 e. The van der Waals surface area contributed by atoms with Crippen molar-refractivity contribution in [2.75, 3.05) is 7.05 Å². The standard InChI is InChI=1S/C17H26N2O2.2C2H6/c1-4-5-11-15(13(2)20)19-17(21)16(18-3)12-14-9-7-6-8-10-14;2*1-2/h6-10,15-16,18H,4-5,11-12H2,1-3H3,(H,19,21);2*1-2H3. The van der Waals surface area contributed by atoms with Gasteiger partial charge in [-0.2, -0.15) is 0 Å². The lowest BCUT2D eigenvalue weighted by molar-refractivity contribution is -0.128. The Hall–Kier alpha value is -1.68. The third-order valence-electron chi connectivity index (χ3n) is 3.60. The normalized spacial score (nSPS) is 11.8. The van der Waals surface area contributed by atoms with Crippen molar-refractivity contribution in [2.45, 2.75) is 79.3 Å². The van der Waals surface area contributed by atoms with Crippen molar-refractivity contribution in [3.05, 3.63) is 35.9 Å². The fraction of sp³-hybridized carbons (Fsp3) is 0.619. The summed E-state index contributed by atoms with van der Waals surface area (Å²) in [7, 11) is 1.77. The van der Waals surface area contributed by atoms with Gasteiger partial charge >= 0.3 is 0 Å². The fourth-order valence-corrected chi connectivity index (χ4v) is 2.23. The van der Waals surface area contributed by atoms with Gasteiger partial charge in [0.05, 0.1) is 12.1 Å². The first-order valence-electron chi connectivity index (χ1n) is 9.60. The Labute approximate surface area is 154 Å². The lowest BCUT2D eigenvalue weighted by atomic mass is 10.0. The molecule has 0 aliphatic heterocycles. The molecule has 4 nitrogen and oxygen atoms in total. The number of Topliss-reactive ketones (excluding diaryl/α,β-unsaturated/α-hetero) is 1. The number of unbranched alkanes of at least 4 members (excludes halogenated alkanes) is 1. The Morgan fingerprint density at radius 2 is 1.56 bits per heavy atom. The number of hydrogen-bond donors (Lipinski definition) is 2. The molecule has 144 valence electrons. The molecule has 0 bridgehead atoms. The van der Waals surface area contributed by atoms with Crippen LogP contribution in [0.3, 0.4) is 0 Å². The number of ketones is 1. The fourth-order valence-electron chi connectivity index (χ4n) is 2.23. The number of carbonyl (C=O) groups excluding carboxylic acids is 2. The number of likely N-dealkylation sites (N-methyl/N-ethyl adjacent to an activating group) is 1. The first-order valence-corrected chi connectivity index (χ1v) is 9.60. The zero-order valence-corrected chi connectivity index (χ0v) is 17.2. The first-order chi connectivity index (χ1) is 12.1. The minimum absolute atomic E-state index is 0.0198. The molecule has 4 heteroatoms. The highest BCUT2D eigenvalue weighted by Gasteiger charge is 2.22. The number of benzene rings is 1. The van der Waals surface area contributed by atoms with E-state index in [0.717, 1.165) is 18.4 Å². The van der Waals surface area contributed by atoms with Crippen molar-refractivity contribution in [3.8, 4) is 0 Å². The summed E-state index contributed by atoms with van der Waals surface area (Å²) in [6.07, 6.45) is 3.27. The maximum atomic E-state index is 12.3. The first kappa shape index (κ1) is 25.6. The van der Waals surface area contributed by atoms with Crippen LogP contribution in [-0.4, -0.2) is 30.8 Å². The van der Waals surface area contributed by atoms with Gasteiger partial charge in [0.1, 0.15) is 0 Å². The van der Waals surface area contributed by atoms with Gasteiger partial charge in [0.25, 0.3) is 0 Å². The highest BCUT2D eigenvalue weighted by molar-refractivity contribution is 5.89. The molecular formula is C21H38N2O2. The molecule has 1 aromatic carbocycles. The van der Waals surface area contributed by atoms with Gasteiger partial charge in [-0.05, 0) is 32.4 Å². The van der Waals surface area contributed by atoms with Crippen LogP contribution < -0.4 is 10.6 Å². The van der Waals surface area contributed by atoms with Crippen molar-refractivity contribution in [1.29, 1.82) is 0 Å². The summed E-state index contributed by atoms with van der Waals surface area (Å²) in [5, 5.41) is 5.90. The zero-order chi connectivity index (χ0) is 19.7. The second-order valence-corrected chi connectivity index (χ2v) is 5.35. The van der Waals surface area contributed by atoms with Crippen molar-refractivity contribution in [3.63, 3.8) is 0 Å². The Morgan fingerprint density at radius 1 is 1.00 bits per heavy atom. The third kappa shape index (κ3) is 11.5. The van der Waals surface area contributed by atoms with Crippen molar-refractivity contribution >= 4 is 11.7 Å². The van der Waals surface area contributed by atoms with E-state index in [1.807, 2.05) is 58.0 Å². The van der Waals surface area contributed by atoms with Crippen LogP contribution in [0.15, 0.2) is 30.3 Å². The van der Waals surface area contributed by atoms with Crippen molar-refractivity contribution in [1.82, 2.24) is 10.6 Å². The average Bonchev–Trinajstić information content (AvgIpc) is 2.66. The number of hydrogen-bond acceptors (Lipinski definition) is 3. The molecule has 1 rings (SSSR count). The molecule has 1 amide bonds. The number of nitrogens with one attached hydrogen (secondary N) is 2. The van der Waals surface area contributed by atoms with Gasteiger partial charge < -0.3 is 10.6 Å². The second-order valence-electron chi connectivity index (χ2n) is 5.35. The molecule has 2 unspecified atom stereocenters. The minimum atomic E-state index is -0.371. The topological polar surface area (TPSA) is 58.2 Å². The molecule has 0 saturated heterocycles. The Kier molecular flexibility index (Phi) is 17.5. The van der Waals surface area contributed by atoms with Crippen molar-refractivity contribution < 1.29 is 9.59 Å². The summed E-state index contributed by atoms with van der Waals surface area (Å²) >= 11 is 0. The Morgan fingerprint density at radius 3 is 2.00 bits per heavy atom. The summed E-state index contributed by atoms with van der Waals surface area (Å²) in [6, 6.07) is 9.17. The molecule has 0 aliphatic carbocycles. The summed E-state index contributed by atoms with van der Waals surface area (Å²) in [5.41, 5.74) is 1.10. The quantitative estimate of drug-likeness (QED) is 0.704. The molecule has 0 fully saturated rings. The van der Waals surface area contributed by atoms with Crippen molar-refractivity contribution in [2.24, 2.45) is 0 Å². The summed E-state index contributed by atoms with van der Waals surface area (Å²) < 4.78 is 0. The molecule has 0 aliphatic rings. The summed E-state index contributed by atoms with van der Waals surface area (Å²) in [6.45, 7) is 11.6. The Balaban J connectivity index is 0. The zero-order valence-electron chi connectivity index (χ0n) is 17.2. The summed E-state index contributed by atoms with van der Waals surface area (Å²) in [5.74, 6) is -0.0935. The van der Waals surface area contributed by atoms with E-state index in [9.17, 15) is 9.59 Å². The van der Waals surface area contributed by atoms with Gasteiger partial charge in [-0.1, -0.05) is 77.8 Å². The SMILES string of the molecule is CC.CC.CCCCC(NC(=O)C(Cc1ccccc1)NC)C(C)=O. The van der Waals surface area contributed by atoms with Gasteiger partial charge in [0.15, 0.2) is 5.78 Å². The monoisotopic (exact) mass is 350 g/mol. The second kappa shape index (κ2) is 17.2. The van der Waals surface area contributed by atoms with E-state index in [1.165, 1.54) is 6.92 Å². The molecule has 0 saturated carbocycles. The Bertz CT molecular complexity index is 446. The van der Waals surface area contributed by atoms with Crippen LogP contribution in [0, 0.1) is 0 Å². The van der Waals surface area contributed by atoms with E-state index in [1.54, 1.807) is 7.05 Å². The molecule has 25 heavy (non-hydrogen) atoms. The number of amides is 1. The van der Waals surface area contributed by atoms with E-state index in [4.69, 9.17) is 0 Å². The predicted octanol–water partition coefficient (Wildman–Crippen LogP) is 4.13. The van der Waals surface area contributed by atoms with Crippen LogP contribution >= 0.6 is 0 Å². The van der Waals surface area contributed by atoms with Crippen LogP contribution in [0.5, 0.6) is 0 Å². The van der Waals surface area contributed by atoms with Crippen LogP contribution in [-0.2, 0) is 16.0 Å². The van der Waals surface area contributed by atoms with Gasteiger partial charge in [-0.15, -0.1) is 0 Å². The highest BCUT2D eigenvalue weighted by Crippen LogP contribution is 2.06. The van der Waals surface area contributed by atoms with Crippen LogP contribution in [0.1, 0.15) is 66.4 Å². The predicted molar refractivity (Wildman–Crippen MR) is 108 cm³/mol. The van der Waals surface area contributed by atoms with Gasteiger partial charge in [0, 0.05) is 0 Å². The van der Waals surface area contributed by atoms with E-state index in [2.05, 4.69) is 17.6 Å². The molecule has 0 radical (unpaired) electrons. The average molecular weight is 351 g/mol. The lowest BCUT2D eigenvalue weighted by Crippen LogP contribution is -2.49. The molecule has 0 spiro atoms. The molecule has 2 N–H and O–H groups in total. The molecule has 0 heterocycles. The van der Waals surface area contributed by atoms with E-state index >= 15 is 0 Å². The highest BCUT2D eigenvalue weighted by atomic mass is 16.2. The van der Waals surface area contributed by atoms with E-state index in [-0.39, 0.29) is 23.8 Å². The van der Waals surface area contributed by atoms with Gasteiger partial charge in [-0.25, -0.2) is 0 Å². The third-order valence-corrected chi connectivity index (χ3v) is 3.60. The lowest BCUT2D eigenvalue weighted by Gasteiger charge is -2.21. The smallest absolute Gasteiger partial charge is 0.238 e. The largest absolute Gasteiger partial charge is 0.345 e.